The fourth-order valence-corrected chi connectivity index (χ4v) is 2.28. The van der Waals surface area contributed by atoms with Crippen LogP contribution in [0.5, 0.6) is 0 Å². The third-order valence-electron chi connectivity index (χ3n) is 3.28. The van der Waals surface area contributed by atoms with Gasteiger partial charge in [-0.05, 0) is 11.6 Å². The number of ether oxygens (including phenoxy) is 1. The van der Waals surface area contributed by atoms with Gasteiger partial charge in [-0.1, -0.05) is 18.2 Å². The van der Waals surface area contributed by atoms with E-state index in [0.29, 0.717) is 0 Å². The van der Waals surface area contributed by atoms with Crippen molar-refractivity contribution >= 4 is 11.9 Å². The van der Waals surface area contributed by atoms with Crippen molar-refractivity contribution in [3.8, 4) is 0 Å². The van der Waals surface area contributed by atoms with Gasteiger partial charge in [0, 0.05) is 12.5 Å². The van der Waals surface area contributed by atoms with E-state index in [9.17, 15) is 22.8 Å². The molecule has 2 atom stereocenters. The van der Waals surface area contributed by atoms with Crippen molar-refractivity contribution in [3.05, 3.63) is 35.4 Å². The molecule has 0 spiro atoms. The largest absolute Gasteiger partial charge is 0.468 e. The van der Waals surface area contributed by atoms with Gasteiger partial charge in [-0.2, -0.15) is 13.2 Å². The van der Waals surface area contributed by atoms with E-state index in [2.05, 4.69) is 10.1 Å². The number of halogens is 3. The summed E-state index contributed by atoms with van der Waals surface area (Å²) in [5.74, 6) is -3.04. The first-order valence-electron chi connectivity index (χ1n) is 5.87. The van der Waals surface area contributed by atoms with Gasteiger partial charge in [0.1, 0.15) is 5.92 Å². The summed E-state index contributed by atoms with van der Waals surface area (Å²) >= 11 is 0. The highest BCUT2D eigenvalue weighted by Crippen LogP contribution is 2.34. The Kier molecular flexibility index (Phi) is 3.69. The predicted octanol–water partition coefficient (Wildman–Crippen LogP) is 1.71. The zero-order valence-corrected chi connectivity index (χ0v) is 10.5. The summed E-state index contributed by atoms with van der Waals surface area (Å²) in [5, 5.41) is 2.47. The van der Waals surface area contributed by atoms with Gasteiger partial charge in [0.25, 0.3) is 0 Å². The molecule has 0 unspecified atom stereocenters. The number of rotatable bonds is 2. The molecule has 0 bridgehead atoms. The maximum absolute atomic E-state index is 12.7. The molecule has 2 rings (SSSR count). The van der Waals surface area contributed by atoms with Crippen LogP contribution in [-0.2, 0) is 20.5 Å². The molecule has 0 saturated carbocycles. The van der Waals surface area contributed by atoms with E-state index in [0.717, 1.165) is 19.2 Å². The molecule has 20 heavy (non-hydrogen) atoms. The van der Waals surface area contributed by atoms with E-state index in [1.54, 1.807) is 0 Å². The molecular formula is C13H12F3NO3. The maximum Gasteiger partial charge on any atom is 0.416 e. The second-order valence-electron chi connectivity index (χ2n) is 4.48. The predicted molar refractivity (Wildman–Crippen MR) is 62.7 cm³/mol. The van der Waals surface area contributed by atoms with Crippen molar-refractivity contribution in [1.29, 1.82) is 0 Å². The highest BCUT2D eigenvalue weighted by molar-refractivity contribution is 6.00. The van der Waals surface area contributed by atoms with Crippen LogP contribution in [0.2, 0.25) is 0 Å². The Hall–Kier alpha value is -2.05. The lowest BCUT2D eigenvalue weighted by Gasteiger charge is -2.16. The first-order chi connectivity index (χ1) is 9.34. The number of nitrogens with one attached hydrogen (secondary N) is 1. The second-order valence-corrected chi connectivity index (χ2v) is 4.48. The minimum Gasteiger partial charge on any atom is -0.468 e. The lowest BCUT2D eigenvalue weighted by atomic mass is 9.88. The zero-order valence-electron chi connectivity index (χ0n) is 10.5. The molecule has 0 radical (unpaired) electrons. The van der Waals surface area contributed by atoms with E-state index < -0.39 is 35.5 Å². The number of hydrogen-bond acceptors (Lipinski definition) is 3. The minimum absolute atomic E-state index is 0.111. The number of amides is 1. The van der Waals surface area contributed by atoms with Crippen LogP contribution in [0.4, 0.5) is 13.2 Å². The van der Waals surface area contributed by atoms with E-state index in [1.165, 1.54) is 12.1 Å². The van der Waals surface area contributed by atoms with Crippen LogP contribution in [0.3, 0.4) is 0 Å². The summed E-state index contributed by atoms with van der Waals surface area (Å²) in [5.41, 5.74) is -0.522. The molecule has 4 nitrogen and oxygen atoms in total. The van der Waals surface area contributed by atoms with Crippen molar-refractivity contribution in [2.75, 3.05) is 13.7 Å². The number of carbonyl (C=O) groups excluding carboxylic acids is 2. The fourth-order valence-electron chi connectivity index (χ4n) is 2.28. The number of alkyl halides is 3. The van der Waals surface area contributed by atoms with Crippen LogP contribution in [0.15, 0.2) is 24.3 Å². The quantitative estimate of drug-likeness (QED) is 0.665. The van der Waals surface area contributed by atoms with Crippen LogP contribution >= 0.6 is 0 Å². The molecule has 0 aromatic heterocycles. The third-order valence-corrected chi connectivity index (χ3v) is 3.28. The van der Waals surface area contributed by atoms with Gasteiger partial charge in [-0.15, -0.1) is 0 Å². The van der Waals surface area contributed by atoms with E-state index in [4.69, 9.17) is 0 Å². The number of benzene rings is 1. The monoisotopic (exact) mass is 287 g/mol. The Balaban J connectivity index is 2.36. The van der Waals surface area contributed by atoms with Crippen LogP contribution < -0.4 is 5.32 Å². The summed E-state index contributed by atoms with van der Waals surface area (Å²) in [7, 11) is 1.14. The molecule has 1 aliphatic heterocycles. The van der Waals surface area contributed by atoms with Crippen LogP contribution in [0.1, 0.15) is 17.0 Å². The smallest absolute Gasteiger partial charge is 0.416 e. The Labute approximate surface area is 112 Å². The summed E-state index contributed by atoms with van der Waals surface area (Å²) < 4.78 is 42.6. The van der Waals surface area contributed by atoms with Gasteiger partial charge in [-0.25, -0.2) is 0 Å². The summed E-state index contributed by atoms with van der Waals surface area (Å²) in [6.45, 7) is 0.111. The summed E-state index contributed by atoms with van der Waals surface area (Å²) in [4.78, 5) is 23.2. The molecule has 1 amide bonds. The maximum atomic E-state index is 12.7. The van der Waals surface area contributed by atoms with Gasteiger partial charge in [0.05, 0.1) is 12.7 Å². The molecule has 108 valence electrons. The van der Waals surface area contributed by atoms with E-state index >= 15 is 0 Å². The second kappa shape index (κ2) is 5.15. The van der Waals surface area contributed by atoms with Crippen LogP contribution in [0, 0.1) is 5.92 Å². The average Bonchev–Trinajstić information content (AvgIpc) is 2.79. The molecular weight excluding hydrogens is 275 g/mol. The van der Waals surface area contributed by atoms with Crippen molar-refractivity contribution in [3.63, 3.8) is 0 Å². The van der Waals surface area contributed by atoms with E-state index in [-0.39, 0.29) is 12.1 Å². The van der Waals surface area contributed by atoms with Gasteiger partial charge in [-0.3, -0.25) is 9.59 Å². The number of hydrogen-bond donors (Lipinski definition) is 1. The molecule has 1 N–H and O–H groups in total. The third kappa shape index (κ3) is 2.61. The number of esters is 1. The summed E-state index contributed by atoms with van der Waals surface area (Å²) in [6.07, 6.45) is -4.47. The molecule has 1 saturated heterocycles. The van der Waals surface area contributed by atoms with Crippen LogP contribution in [0.25, 0.3) is 0 Å². The van der Waals surface area contributed by atoms with Crippen molar-refractivity contribution < 1.29 is 27.5 Å². The van der Waals surface area contributed by atoms with E-state index in [1.807, 2.05) is 0 Å². The molecule has 1 aromatic rings. The minimum atomic E-state index is -4.47. The Morgan fingerprint density at radius 1 is 1.40 bits per heavy atom. The van der Waals surface area contributed by atoms with Crippen LogP contribution in [-0.4, -0.2) is 25.5 Å². The van der Waals surface area contributed by atoms with Gasteiger partial charge >= 0.3 is 12.1 Å². The van der Waals surface area contributed by atoms with Crippen molar-refractivity contribution in [2.24, 2.45) is 5.92 Å². The zero-order chi connectivity index (χ0) is 14.9. The topological polar surface area (TPSA) is 55.4 Å². The Morgan fingerprint density at radius 3 is 2.70 bits per heavy atom. The molecule has 1 aromatic carbocycles. The molecule has 1 fully saturated rings. The lowest BCUT2D eigenvalue weighted by Crippen LogP contribution is -2.28. The van der Waals surface area contributed by atoms with Crippen molar-refractivity contribution in [1.82, 2.24) is 5.32 Å². The fraction of sp³-hybridized carbons (Fsp3) is 0.385. The van der Waals surface area contributed by atoms with Crippen molar-refractivity contribution in [2.45, 2.75) is 12.1 Å². The first kappa shape index (κ1) is 14.4. The molecule has 0 aliphatic carbocycles. The lowest BCUT2D eigenvalue weighted by molar-refractivity contribution is -0.149. The number of carbonyl (C=O) groups is 2. The van der Waals surface area contributed by atoms with Gasteiger partial charge in [0.2, 0.25) is 5.91 Å². The normalized spacial score (nSPS) is 22.5. The number of methoxy groups -OCH3 is 1. The highest BCUT2D eigenvalue weighted by atomic mass is 19.4. The molecule has 1 heterocycles. The molecule has 1 aliphatic rings. The van der Waals surface area contributed by atoms with Gasteiger partial charge in [0.15, 0.2) is 0 Å². The first-order valence-corrected chi connectivity index (χ1v) is 5.87. The Bertz CT molecular complexity index is 542. The highest BCUT2D eigenvalue weighted by Gasteiger charge is 2.42. The average molecular weight is 287 g/mol. The van der Waals surface area contributed by atoms with Gasteiger partial charge < -0.3 is 10.1 Å². The summed E-state index contributed by atoms with van der Waals surface area (Å²) in [6, 6.07) is 4.63. The SMILES string of the molecule is COC(=O)[C@H]1C(=O)NC[C@@H]1c1cccc(C(F)(F)F)c1. The molecule has 7 heteroatoms. The Morgan fingerprint density at radius 2 is 2.10 bits per heavy atom. The standard InChI is InChI=1S/C13H12F3NO3/c1-20-12(19)10-9(6-17-11(10)18)7-3-2-4-8(5-7)13(14,15)16/h2-5,9-10H,6H2,1H3,(H,17,18)/t9-,10-/m1/s1.